The smallest absolute Gasteiger partial charge is 0.0460 e. The molecule has 41 heavy (non-hydrogen) atoms. The van der Waals surface area contributed by atoms with E-state index in [1.165, 1.54) is 49.8 Å². The summed E-state index contributed by atoms with van der Waals surface area (Å²) in [6.07, 6.45) is 17.1. The molecule has 1 atom stereocenters. The van der Waals surface area contributed by atoms with Crippen LogP contribution in [0.2, 0.25) is 0 Å². The van der Waals surface area contributed by atoms with E-state index in [1.807, 2.05) is 19.9 Å². The van der Waals surface area contributed by atoms with Crippen molar-refractivity contribution in [2.45, 2.75) is 65.7 Å². The zero-order valence-electron chi connectivity index (χ0n) is 25.6. The Morgan fingerprint density at radius 1 is 0.976 bits per heavy atom. The van der Waals surface area contributed by atoms with Gasteiger partial charge in [-0.3, -0.25) is 0 Å². The summed E-state index contributed by atoms with van der Waals surface area (Å²) in [5.74, 6) is 0. The van der Waals surface area contributed by atoms with Crippen LogP contribution in [-0.4, -0.2) is 0 Å². The molecule has 2 aliphatic rings. The van der Waals surface area contributed by atoms with Gasteiger partial charge in [0.05, 0.1) is 0 Å². The van der Waals surface area contributed by atoms with Crippen LogP contribution < -0.4 is 5.32 Å². The topological polar surface area (TPSA) is 12.0 Å². The molecule has 3 aromatic rings. The van der Waals surface area contributed by atoms with E-state index in [0.717, 1.165) is 37.1 Å². The van der Waals surface area contributed by atoms with Crippen molar-refractivity contribution in [2.24, 2.45) is 0 Å². The molecule has 3 aromatic carbocycles. The van der Waals surface area contributed by atoms with Gasteiger partial charge in [0.2, 0.25) is 0 Å². The van der Waals surface area contributed by atoms with Crippen molar-refractivity contribution in [1.29, 1.82) is 0 Å². The molecule has 0 fully saturated rings. The summed E-state index contributed by atoms with van der Waals surface area (Å²) in [5.41, 5.74) is 11.9. The van der Waals surface area contributed by atoms with E-state index in [4.69, 9.17) is 0 Å². The van der Waals surface area contributed by atoms with Crippen molar-refractivity contribution < 1.29 is 0 Å². The van der Waals surface area contributed by atoms with Gasteiger partial charge in [0.25, 0.3) is 0 Å². The standard InChI is InChI=1S/C38H39N.C2H6/c1-6-9-17-34-28(5)38(37-19-13-12-18-35(34)37)26-29(24-32(14-7-2)36(38)8-3)21-20-27(4)39-33-23-22-30-15-10-11-16-31(30)25-33;1-2/h6-8,10-16,18-23,25,39H,1,3,9,17,24,26H2,2,4-5H3;1-2H3/b14-7-,27-20+,29-21-;. The maximum atomic E-state index is 4.33. The minimum atomic E-state index is -0.179. The summed E-state index contributed by atoms with van der Waals surface area (Å²) in [4.78, 5) is 0. The first-order chi connectivity index (χ1) is 20.0. The second-order valence-corrected chi connectivity index (χ2v) is 10.7. The Labute approximate surface area is 248 Å². The first-order valence-electron chi connectivity index (χ1n) is 15.0. The molecule has 0 saturated carbocycles. The second-order valence-electron chi connectivity index (χ2n) is 10.7. The average molecular weight is 540 g/mol. The normalized spacial score (nSPS) is 19.5. The molecule has 0 bridgehead atoms. The number of benzene rings is 3. The number of anilines is 1. The van der Waals surface area contributed by atoms with Crippen molar-refractivity contribution in [1.82, 2.24) is 0 Å². The lowest BCUT2D eigenvalue weighted by atomic mass is 9.62. The first-order valence-corrected chi connectivity index (χ1v) is 15.0. The fourth-order valence-electron chi connectivity index (χ4n) is 6.59. The van der Waals surface area contributed by atoms with E-state index in [9.17, 15) is 0 Å². The molecule has 0 amide bonds. The van der Waals surface area contributed by atoms with Gasteiger partial charge < -0.3 is 5.32 Å². The third-order valence-electron chi connectivity index (χ3n) is 8.35. The molecular weight excluding hydrogens is 494 g/mol. The van der Waals surface area contributed by atoms with Gasteiger partial charge in [-0.15, -0.1) is 6.58 Å². The van der Waals surface area contributed by atoms with Crippen LogP contribution in [0.25, 0.3) is 16.3 Å². The molecule has 0 radical (unpaired) electrons. The molecule has 5 rings (SSSR count). The van der Waals surface area contributed by atoms with Crippen molar-refractivity contribution in [3.8, 4) is 0 Å². The maximum Gasteiger partial charge on any atom is 0.0460 e. The fraction of sp³-hybridized carbons (Fsp3) is 0.250. The second kappa shape index (κ2) is 13.5. The molecule has 0 heterocycles. The summed E-state index contributed by atoms with van der Waals surface area (Å²) >= 11 is 0. The minimum Gasteiger partial charge on any atom is -0.359 e. The molecule has 1 unspecified atom stereocenters. The maximum absolute atomic E-state index is 4.33. The van der Waals surface area contributed by atoms with Crippen LogP contribution in [0.1, 0.15) is 71.4 Å². The molecule has 1 heteroatoms. The third-order valence-corrected chi connectivity index (χ3v) is 8.35. The molecule has 210 valence electrons. The summed E-state index contributed by atoms with van der Waals surface area (Å²) < 4.78 is 0. The van der Waals surface area contributed by atoms with Crippen molar-refractivity contribution in [3.05, 3.63) is 155 Å². The summed E-state index contributed by atoms with van der Waals surface area (Å²) in [6, 6.07) is 24.0. The first kappa shape index (κ1) is 29.9. The quantitative estimate of drug-likeness (QED) is 0.281. The monoisotopic (exact) mass is 539 g/mol. The largest absolute Gasteiger partial charge is 0.359 e. The number of hydrogen-bond donors (Lipinski definition) is 1. The van der Waals surface area contributed by atoms with E-state index >= 15 is 0 Å². The van der Waals surface area contributed by atoms with Gasteiger partial charge in [-0.2, -0.15) is 0 Å². The molecule has 2 aliphatic carbocycles. The predicted molar refractivity (Wildman–Crippen MR) is 182 cm³/mol. The van der Waals surface area contributed by atoms with Crippen LogP contribution >= 0.6 is 0 Å². The van der Waals surface area contributed by atoms with Gasteiger partial charge in [0, 0.05) is 16.8 Å². The average Bonchev–Trinajstić information content (AvgIpc) is 3.23. The molecular formula is C40H45N. The van der Waals surface area contributed by atoms with E-state index in [-0.39, 0.29) is 5.41 Å². The Bertz CT molecular complexity index is 1590. The van der Waals surface area contributed by atoms with Gasteiger partial charge in [-0.25, -0.2) is 0 Å². The lowest BCUT2D eigenvalue weighted by Gasteiger charge is -2.40. The zero-order chi connectivity index (χ0) is 29.4. The molecule has 1 spiro atoms. The number of allylic oxidation sites excluding steroid dienone is 12. The number of fused-ring (bicyclic) bond motifs is 3. The zero-order valence-corrected chi connectivity index (χ0v) is 25.6. The van der Waals surface area contributed by atoms with Crippen LogP contribution in [0.3, 0.4) is 0 Å². The highest BCUT2D eigenvalue weighted by molar-refractivity contribution is 5.86. The lowest BCUT2D eigenvalue weighted by Crippen LogP contribution is -2.32. The van der Waals surface area contributed by atoms with Crippen LogP contribution in [0, 0.1) is 0 Å². The Hall–Kier alpha value is -4.10. The highest BCUT2D eigenvalue weighted by Crippen LogP contribution is 2.58. The molecule has 1 nitrogen and oxygen atoms in total. The Morgan fingerprint density at radius 3 is 2.44 bits per heavy atom. The highest BCUT2D eigenvalue weighted by atomic mass is 14.9. The van der Waals surface area contributed by atoms with Crippen LogP contribution in [-0.2, 0) is 5.41 Å². The SMILES string of the molecule is C=CCCC1=C(C)C2(C/C(=C\C=C(/C)Nc3ccc4ccccc4c3)CC(/C=C\C)=C2C=C)c2ccccc21.CC. The highest BCUT2D eigenvalue weighted by Gasteiger charge is 2.47. The number of rotatable bonds is 8. The summed E-state index contributed by atoms with van der Waals surface area (Å²) in [6.45, 7) is 18.9. The van der Waals surface area contributed by atoms with Crippen LogP contribution in [0.4, 0.5) is 5.69 Å². The van der Waals surface area contributed by atoms with Crippen LogP contribution in [0.5, 0.6) is 0 Å². The Kier molecular flexibility index (Phi) is 9.84. The molecule has 0 aliphatic heterocycles. The third kappa shape index (κ3) is 5.86. The van der Waals surface area contributed by atoms with Crippen molar-refractivity contribution in [2.75, 3.05) is 5.32 Å². The lowest BCUT2D eigenvalue weighted by molar-refractivity contribution is 0.571. The van der Waals surface area contributed by atoms with Gasteiger partial charge in [-0.05, 0) is 103 Å². The van der Waals surface area contributed by atoms with Gasteiger partial charge in [0.1, 0.15) is 0 Å². The molecule has 1 N–H and O–H groups in total. The molecule has 0 saturated heterocycles. The summed E-state index contributed by atoms with van der Waals surface area (Å²) in [5, 5.41) is 6.10. The number of hydrogen-bond acceptors (Lipinski definition) is 1. The predicted octanol–water partition coefficient (Wildman–Crippen LogP) is 11.7. The summed E-state index contributed by atoms with van der Waals surface area (Å²) in [7, 11) is 0. The van der Waals surface area contributed by atoms with E-state index < -0.39 is 0 Å². The van der Waals surface area contributed by atoms with Gasteiger partial charge >= 0.3 is 0 Å². The van der Waals surface area contributed by atoms with Crippen molar-refractivity contribution >= 4 is 22.0 Å². The fourth-order valence-corrected chi connectivity index (χ4v) is 6.59. The van der Waals surface area contributed by atoms with E-state index in [0.29, 0.717) is 0 Å². The van der Waals surface area contributed by atoms with Crippen molar-refractivity contribution in [3.63, 3.8) is 0 Å². The van der Waals surface area contributed by atoms with Gasteiger partial charge in [-0.1, -0.05) is 117 Å². The Balaban J connectivity index is 0.00000189. The molecule has 0 aromatic heterocycles. The van der Waals surface area contributed by atoms with E-state index in [1.54, 1.807) is 0 Å². The van der Waals surface area contributed by atoms with E-state index in [2.05, 4.69) is 136 Å². The Morgan fingerprint density at radius 2 is 1.71 bits per heavy atom. The van der Waals surface area contributed by atoms with Gasteiger partial charge in [0.15, 0.2) is 0 Å². The number of nitrogens with one attached hydrogen (secondary N) is 1. The van der Waals surface area contributed by atoms with Crippen LogP contribution in [0.15, 0.2) is 144 Å². The minimum absolute atomic E-state index is 0.179.